The van der Waals surface area contributed by atoms with Crippen LogP contribution in [0.2, 0.25) is 0 Å². The van der Waals surface area contributed by atoms with Crippen LogP contribution in [0.1, 0.15) is 12.0 Å². The van der Waals surface area contributed by atoms with Gasteiger partial charge in [-0.15, -0.1) is 0 Å². The van der Waals surface area contributed by atoms with E-state index in [-0.39, 0.29) is 11.6 Å². The van der Waals surface area contributed by atoms with Crippen LogP contribution in [0.15, 0.2) is 45.2 Å². The van der Waals surface area contributed by atoms with E-state index in [2.05, 4.69) is 4.40 Å². The molecule has 2 aliphatic rings. The van der Waals surface area contributed by atoms with Crippen LogP contribution in [-0.4, -0.2) is 12.0 Å². The lowest BCUT2D eigenvalue weighted by Gasteiger charge is -2.13. The molecule has 0 saturated carbocycles. The van der Waals surface area contributed by atoms with E-state index in [1.165, 1.54) is 18.0 Å². The fourth-order valence-corrected chi connectivity index (χ4v) is 2.70. The lowest BCUT2D eigenvalue weighted by molar-refractivity contribution is -0.113. The summed E-state index contributed by atoms with van der Waals surface area (Å²) in [4.78, 5) is 12.6. The molecule has 0 fully saturated rings. The van der Waals surface area contributed by atoms with Gasteiger partial charge in [0.1, 0.15) is 5.82 Å². The van der Waals surface area contributed by atoms with E-state index < -0.39 is 0 Å². The lowest BCUT2D eigenvalue weighted by Crippen LogP contribution is -2.09. The number of allylic oxidation sites excluding steroid dienone is 4. The van der Waals surface area contributed by atoms with Crippen LogP contribution in [0.4, 0.5) is 4.39 Å². The summed E-state index contributed by atoms with van der Waals surface area (Å²) >= 11 is 1.19. The van der Waals surface area contributed by atoms with Gasteiger partial charge in [0.15, 0.2) is 5.78 Å². The molecule has 2 nitrogen and oxygen atoms in total. The van der Waals surface area contributed by atoms with Crippen molar-refractivity contribution in [3.63, 3.8) is 0 Å². The molecule has 4 heteroatoms. The standard InChI is InChI=1S/C13H8FNOS/c14-9-4-2-6-11-13(9)12-8(7-15-17-11)3-1-5-10(12)16/h1-4,6-7H,5H2. The molecule has 17 heavy (non-hydrogen) atoms. The molecule has 0 unspecified atom stereocenters. The summed E-state index contributed by atoms with van der Waals surface area (Å²) in [5, 5.41) is 0. The Balaban J connectivity index is 2.34. The van der Waals surface area contributed by atoms with Crippen LogP contribution in [0, 0.1) is 5.82 Å². The van der Waals surface area contributed by atoms with E-state index in [0.29, 0.717) is 28.0 Å². The van der Waals surface area contributed by atoms with Gasteiger partial charge in [0.25, 0.3) is 0 Å². The molecule has 1 aliphatic heterocycles. The molecule has 0 spiro atoms. The molecule has 1 aromatic carbocycles. The van der Waals surface area contributed by atoms with E-state index in [4.69, 9.17) is 0 Å². The summed E-state index contributed by atoms with van der Waals surface area (Å²) in [5.41, 5.74) is 1.53. The number of fused-ring (bicyclic) bond motifs is 2. The summed E-state index contributed by atoms with van der Waals surface area (Å²) in [7, 11) is 0. The van der Waals surface area contributed by atoms with Crippen LogP contribution in [-0.2, 0) is 4.79 Å². The summed E-state index contributed by atoms with van der Waals surface area (Å²) < 4.78 is 18.1. The Morgan fingerprint density at radius 3 is 3.12 bits per heavy atom. The second-order valence-electron chi connectivity index (χ2n) is 3.80. The molecule has 1 heterocycles. The summed E-state index contributed by atoms with van der Waals surface area (Å²) in [6.07, 6.45) is 5.55. The van der Waals surface area contributed by atoms with Crippen molar-refractivity contribution in [3.05, 3.63) is 47.3 Å². The third-order valence-electron chi connectivity index (χ3n) is 2.74. The molecule has 0 aromatic heterocycles. The minimum atomic E-state index is -0.364. The number of benzene rings is 1. The number of rotatable bonds is 0. The van der Waals surface area contributed by atoms with E-state index in [9.17, 15) is 9.18 Å². The Hall–Kier alpha value is -1.68. The molecule has 0 bridgehead atoms. The fraction of sp³-hybridized carbons (Fsp3) is 0.0769. The zero-order valence-electron chi connectivity index (χ0n) is 8.81. The quantitative estimate of drug-likeness (QED) is 0.657. The van der Waals surface area contributed by atoms with Crippen molar-refractivity contribution in [3.8, 4) is 0 Å². The molecule has 3 rings (SSSR count). The minimum Gasteiger partial charge on any atom is -0.294 e. The smallest absolute Gasteiger partial charge is 0.168 e. The molecular weight excluding hydrogens is 237 g/mol. The van der Waals surface area contributed by atoms with Crippen molar-refractivity contribution in [2.24, 2.45) is 4.40 Å². The average molecular weight is 245 g/mol. The zero-order chi connectivity index (χ0) is 11.8. The Kier molecular flexibility index (Phi) is 2.44. The maximum Gasteiger partial charge on any atom is 0.168 e. The van der Waals surface area contributed by atoms with Gasteiger partial charge in [-0.25, -0.2) is 8.79 Å². The van der Waals surface area contributed by atoms with Crippen LogP contribution >= 0.6 is 11.9 Å². The molecule has 0 N–H and O–H groups in total. The first kappa shape index (κ1) is 10.5. The Morgan fingerprint density at radius 1 is 1.35 bits per heavy atom. The number of nitrogens with zero attached hydrogens (tertiary/aromatic N) is 1. The van der Waals surface area contributed by atoms with Crippen LogP contribution in [0.5, 0.6) is 0 Å². The van der Waals surface area contributed by atoms with E-state index >= 15 is 0 Å². The highest BCUT2D eigenvalue weighted by Crippen LogP contribution is 2.37. The predicted molar refractivity (Wildman–Crippen MR) is 66.4 cm³/mol. The Bertz CT molecular complexity index is 601. The average Bonchev–Trinajstić information content (AvgIpc) is 2.50. The maximum absolute atomic E-state index is 13.9. The fourth-order valence-electron chi connectivity index (χ4n) is 1.99. The third kappa shape index (κ3) is 1.65. The maximum atomic E-state index is 13.9. The lowest BCUT2D eigenvalue weighted by atomic mass is 9.90. The van der Waals surface area contributed by atoms with Gasteiger partial charge in [-0.3, -0.25) is 4.79 Å². The molecular formula is C13H8FNOS. The van der Waals surface area contributed by atoms with E-state index in [1.54, 1.807) is 24.4 Å². The van der Waals surface area contributed by atoms with Crippen LogP contribution in [0.25, 0.3) is 5.57 Å². The first-order valence-corrected chi connectivity index (χ1v) is 5.98. The van der Waals surface area contributed by atoms with E-state index in [0.717, 1.165) is 0 Å². The highest BCUT2D eigenvalue weighted by molar-refractivity contribution is 7.98. The highest BCUT2D eigenvalue weighted by Gasteiger charge is 2.25. The summed E-state index contributed by atoms with van der Waals surface area (Å²) in [6, 6.07) is 4.79. The number of ketones is 1. The second kappa shape index (κ2) is 3.96. The van der Waals surface area contributed by atoms with Gasteiger partial charge in [-0.1, -0.05) is 18.2 Å². The number of Topliss-reactive ketones (excluding diaryl/α,β-unsaturated/α-hetero) is 1. The minimum absolute atomic E-state index is 0.0530. The second-order valence-corrected chi connectivity index (χ2v) is 4.63. The van der Waals surface area contributed by atoms with E-state index in [1.807, 2.05) is 6.08 Å². The topological polar surface area (TPSA) is 29.4 Å². The van der Waals surface area contributed by atoms with Gasteiger partial charge in [-0.05, 0) is 12.1 Å². The Morgan fingerprint density at radius 2 is 2.24 bits per heavy atom. The molecule has 0 atom stereocenters. The normalized spacial score (nSPS) is 17.8. The summed E-state index contributed by atoms with van der Waals surface area (Å²) in [6.45, 7) is 0. The highest BCUT2D eigenvalue weighted by atomic mass is 32.2. The van der Waals surface area contributed by atoms with Crippen LogP contribution in [0.3, 0.4) is 0 Å². The predicted octanol–water partition coefficient (Wildman–Crippen LogP) is 3.20. The molecule has 0 amide bonds. The molecule has 0 radical (unpaired) electrons. The van der Waals surface area contributed by atoms with Crippen molar-refractivity contribution < 1.29 is 9.18 Å². The monoisotopic (exact) mass is 245 g/mol. The van der Waals surface area contributed by atoms with Gasteiger partial charge in [0.2, 0.25) is 0 Å². The molecule has 84 valence electrons. The largest absolute Gasteiger partial charge is 0.294 e. The van der Waals surface area contributed by atoms with Crippen molar-refractivity contribution in [2.45, 2.75) is 11.3 Å². The van der Waals surface area contributed by atoms with Gasteiger partial charge in [-0.2, -0.15) is 0 Å². The number of carbonyl (C=O) groups is 1. The van der Waals surface area contributed by atoms with Crippen LogP contribution < -0.4 is 0 Å². The third-order valence-corrected chi connectivity index (χ3v) is 3.48. The van der Waals surface area contributed by atoms with Crippen molar-refractivity contribution >= 4 is 29.5 Å². The number of halogens is 1. The zero-order valence-corrected chi connectivity index (χ0v) is 9.63. The van der Waals surface area contributed by atoms with Crippen molar-refractivity contribution in [1.29, 1.82) is 0 Å². The van der Waals surface area contributed by atoms with Gasteiger partial charge in [0, 0.05) is 46.2 Å². The molecule has 1 aromatic rings. The van der Waals surface area contributed by atoms with Crippen molar-refractivity contribution in [2.75, 3.05) is 0 Å². The molecule has 0 saturated heterocycles. The van der Waals surface area contributed by atoms with Gasteiger partial charge in [0.05, 0.1) is 0 Å². The van der Waals surface area contributed by atoms with Gasteiger partial charge < -0.3 is 0 Å². The number of hydrogen-bond donors (Lipinski definition) is 0. The Labute approximate surface area is 102 Å². The number of carbonyl (C=O) groups excluding carboxylic acids is 1. The van der Waals surface area contributed by atoms with Crippen molar-refractivity contribution in [1.82, 2.24) is 0 Å². The summed E-state index contributed by atoms with van der Waals surface area (Å²) in [5.74, 6) is -0.417. The SMILES string of the molecule is O=C1CC=CC2=C1c1c(F)cccc1SN=C2. The molecule has 1 aliphatic carbocycles. The number of hydrogen-bond acceptors (Lipinski definition) is 3. The first-order valence-electron chi connectivity index (χ1n) is 5.20. The first-order chi connectivity index (χ1) is 8.27. The van der Waals surface area contributed by atoms with Gasteiger partial charge >= 0.3 is 0 Å².